The zero-order chi connectivity index (χ0) is 13.0. The zero-order valence-corrected chi connectivity index (χ0v) is 11.2. The van der Waals surface area contributed by atoms with Gasteiger partial charge in [0, 0.05) is 11.0 Å². The molecular formula is C16H20O2. The number of esters is 1. The first-order chi connectivity index (χ1) is 8.54. The summed E-state index contributed by atoms with van der Waals surface area (Å²) in [6, 6.07) is 0. The lowest BCUT2D eigenvalue weighted by atomic mass is 9.57. The molecule has 0 radical (unpaired) electrons. The highest BCUT2D eigenvalue weighted by Gasteiger charge is 2.56. The summed E-state index contributed by atoms with van der Waals surface area (Å²) >= 11 is 0. The Morgan fingerprint density at radius 2 is 2.33 bits per heavy atom. The zero-order valence-electron chi connectivity index (χ0n) is 11.2. The minimum Gasteiger partial charge on any atom is -0.461 e. The van der Waals surface area contributed by atoms with Gasteiger partial charge < -0.3 is 4.74 Å². The van der Waals surface area contributed by atoms with E-state index < -0.39 is 0 Å². The fraction of sp³-hybridized carbons (Fsp3) is 0.562. The van der Waals surface area contributed by atoms with Crippen LogP contribution in [-0.4, -0.2) is 12.6 Å². The molecule has 3 aliphatic rings. The van der Waals surface area contributed by atoms with Gasteiger partial charge in [-0.15, -0.1) is 6.58 Å². The van der Waals surface area contributed by atoms with Crippen molar-refractivity contribution in [2.45, 2.75) is 33.1 Å². The highest BCUT2D eigenvalue weighted by molar-refractivity contribution is 5.93. The lowest BCUT2D eigenvalue weighted by molar-refractivity contribution is -0.135. The maximum atomic E-state index is 11.8. The average molecular weight is 244 g/mol. The number of rotatable bonds is 2. The molecule has 0 aromatic rings. The van der Waals surface area contributed by atoms with Crippen LogP contribution in [-0.2, 0) is 9.53 Å². The molecule has 0 unspecified atom stereocenters. The van der Waals surface area contributed by atoms with Crippen molar-refractivity contribution in [3.05, 3.63) is 36.0 Å². The van der Waals surface area contributed by atoms with E-state index in [0.717, 1.165) is 24.8 Å². The third-order valence-corrected chi connectivity index (χ3v) is 5.24. The molecule has 3 rings (SSSR count). The van der Waals surface area contributed by atoms with E-state index >= 15 is 0 Å². The van der Waals surface area contributed by atoms with Gasteiger partial charge in [-0.25, -0.2) is 4.79 Å². The van der Waals surface area contributed by atoms with E-state index in [1.54, 1.807) is 0 Å². The number of cyclic esters (lactones) is 1. The fourth-order valence-electron chi connectivity index (χ4n) is 4.13. The summed E-state index contributed by atoms with van der Waals surface area (Å²) in [5, 5.41) is 0. The summed E-state index contributed by atoms with van der Waals surface area (Å²) in [4.78, 5) is 11.8. The second-order valence-electron chi connectivity index (χ2n) is 6.13. The van der Waals surface area contributed by atoms with Crippen LogP contribution in [0.1, 0.15) is 33.1 Å². The molecule has 0 aromatic heterocycles. The molecule has 0 bridgehead atoms. The topological polar surface area (TPSA) is 26.3 Å². The van der Waals surface area contributed by atoms with E-state index in [9.17, 15) is 4.79 Å². The van der Waals surface area contributed by atoms with Crippen molar-refractivity contribution in [3.8, 4) is 0 Å². The van der Waals surface area contributed by atoms with Gasteiger partial charge in [0.15, 0.2) is 0 Å². The summed E-state index contributed by atoms with van der Waals surface area (Å²) in [6.07, 6.45) is 9.55. The molecular weight excluding hydrogens is 224 g/mol. The summed E-state index contributed by atoms with van der Waals surface area (Å²) in [5.74, 6) is 0.501. The maximum absolute atomic E-state index is 11.8. The van der Waals surface area contributed by atoms with Crippen LogP contribution < -0.4 is 0 Å². The summed E-state index contributed by atoms with van der Waals surface area (Å²) in [5.41, 5.74) is 2.28. The van der Waals surface area contributed by atoms with Gasteiger partial charge in [0.2, 0.25) is 0 Å². The smallest absolute Gasteiger partial charge is 0.334 e. The Labute approximate surface area is 108 Å². The molecule has 1 aliphatic heterocycles. The number of fused-ring (bicyclic) bond motifs is 3. The van der Waals surface area contributed by atoms with Gasteiger partial charge in [-0.05, 0) is 32.1 Å². The van der Waals surface area contributed by atoms with Crippen LogP contribution in [0.25, 0.3) is 0 Å². The molecule has 0 saturated carbocycles. The minimum atomic E-state index is -0.191. The highest BCUT2D eigenvalue weighted by atomic mass is 16.5. The first-order valence-corrected chi connectivity index (χ1v) is 6.74. The van der Waals surface area contributed by atoms with Crippen LogP contribution in [0.15, 0.2) is 36.0 Å². The highest BCUT2D eigenvalue weighted by Crippen LogP contribution is 2.62. The first-order valence-electron chi connectivity index (χ1n) is 6.74. The van der Waals surface area contributed by atoms with Crippen molar-refractivity contribution in [2.75, 3.05) is 6.61 Å². The second-order valence-corrected chi connectivity index (χ2v) is 6.13. The molecule has 0 amide bonds. The minimum absolute atomic E-state index is 0.120. The lowest BCUT2D eigenvalue weighted by Gasteiger charge is -2.45. The predicted molar refractivity (Wildman–Crippen MR) is 70.9 cm³/mol. The first kappa shape index (κ1) is 11.8. The Hall–Kier alpha value is -1.31. The Balaban J connectivity index is 2.13. The van der Waals surface area contributed by atoms with Gasteiger partial charge in [0.05, 0.1) is 5.41 Å². The molecule has 0 aromatic carbocycles. The van der Waals surface area contributed by atoms with Gasteiger partial charge in [-0.1, -0.05) is 30.7 Å². The normalized spacial score (nSPS) is 41.7. The summed E-state index contributed by atoms with van der Waals surface area (Å²) in [7, 11) is 0. The third-order valence-electron chi connectivity index (χ3n) is 5.24. The van der Waals surface area contributed by atoms with Crippen LogP contribution in [0, 0.1) is 16.7 Å². The quantitative estimate of drug-likeness (QED) is 0.549. The van der Waals surface area contributed by atoms with E-state index in [4.69, 9.17) is 4.74 Å². The lowest BCUT2D eigenvalue weighted by Crippen LogP contribution is -2.39. The van der Waals surface area contributed by atoms with E-state index in [1.807, 2.05) is 6.08 Å². The van der Waals surface area contributed by atoms with Crippen molar-refractivity contribution in [1.29, 1.82) is 0 Å². The van der Waals surface area contributed by atoms with Crippen molar-refractivity contribution in [2.24, 2.45) is 16.7 Å². The molecule has 18 heavy (non-hydrogen) atoms. The molecule has 0 N–H and O–H groups in total. The molecule has 96 valence electrons. The molecule has 1 heterocycles. The van der Waals surface area contributed by atoms with Gasteiger partial charge >= 0.3 is 5.97 Å². The number of hydrogen-bond acceptors (Lipinski definition) is 2. The second kappa shape index (κ2) is 3.59. The molecule has 2 aliphatic carbocycles. The van der Waals surface area contributed by atoms with Crippen molar-refractivity contribution in [1.82, 2.24) is 0 Å². The van der Waals surface area contributed by atoms with Gasteiger partial charge in [0.25, 0.3) is 0 Å². The average Bonchev–Trinajstić information content (AvgIpc) is 2.81. The number of carbonyl (C=O) groups is 1. The Kier molecular flexibility index (Phi) is 2.35. The number of carbonyl (C=O) groups excluding carboxylic acids is 1. The molecule has 3 atom stereocenters. The van der Waals surface area contributed by atoms with Crippen molar-refractivity contribution >= 4 is 5.97 Å². The van der Waals surface area contributed by atoms with Crippen LogP contribution in [0.4, 0.5) is 0 Å². The number of hydrogen-bond donors (Lipinski definition) is 0. The van der Waals surface area contributed by atoms with Gasteiger partial charge in [-0.3, -0.25) is 0 Å². The molecule has 0 spiro atoms. The number of allylic oxidation sites excluding steroid dienone is 3. The van der Waals surface area contributed by atoms with E-state index in [2.05, 4.69) is 32.6 Å². The van der Waals surface area contributed by atoms with Gasteiger partial charge in [0.1, 0.15) is 6.61 Å². The molecule has 2 nitrogen and oxygen atoms in total. The van der Waals surface area contributed by atoms with Crippen LogP contribution in [0.3, 0.4) is 0 Å². The van der Waals surface area contributed by atoms with E-state index in [-0.39, 0.29) is 16.8 Å². The number of ether oxygens (including phenoxy) is 1. The van der Waals surface area contributed by atoms with Gasteiger partial charge in [-0.2, -0.15) is 0 Å². The fourth-order valence-corrected chi connectivity index (χ4v) is 4.13. The van der Waals surface area contributed by atoms with Crippen LogP contribution >= 0.6 is 0 Å². The molecule has 2 heteroatoms. The monoisotopic (exact) mass is 244 g/mol. The maximum Gasteiger partial charge on any atom is 0.334 e. The van der Waals surface area contributed by atoms with Crippen LogP contribution in [0.2, 0.25) is 0 Å². The summed E-state index contributed by atoms with van der Waals surface area (Å²) < 4.78 is 5.30. The SMILES string of the molecule is C=CC[C@@]12CC=C3C(=O)OC[C@@]3(C)C1=CC[C@H]2C. The Bertz CT molecular complexity index is 485. The Morgan fingerprint density at radius 3 is 3.06 bits per heavy atom. The van der Waals surface area contributed by atoms with Crippen molar-refractivity contribution in [3.63, 3.8) is 0 Å². The van der Waals surface area contributed by atoms with E-state index in [0.29, 0.717) is 12.5 Å². The standard InChI is InChI=1S/C16H20O2/c1-4-8-16-9-7-12-14(17)18-10-15(12,3)13(16)6-5-11(16)2/h4,6-7,11H,1,5,8-10H2,2-3H3/t11-,15-,16+/m1/s1. The Morgan fingerprint density at radius 1 is 1.56 bits per heavy atom. The van der Waals surface area contributed by atoms with E-state index in [1.165, 1.54) is 5.57 Å². The molecule has 1 saturated heterocycles. The summed E-state index contributed by atoms with van der Waals surface area (Å²) in [6.45, 7) is 8.90. The third kappa shape index (κ3) is 1.21. The largest absolute Gasteiger partial charge is 0.461 e. The molecule has 1 fully saturated rings. The van der Waals surface area contributed by atoms with Crippen molar-refractivity contribution < 1.29 is 9.53 Å². The predicted octanol–water partition coefficient (Wildman–Crippen LogP) is 3.41. The van der Waals surface area contributed by atoms with Crippen LogP contribution in [0.5, 0.6) is 0 Å².